The Morgan fingerprint density at radius 2 is 2.31 bits per heavy atom. The minimum absolute atomic E-state index is 0.0577. The van der Waals surface area contributed by atoms with Gasteiger partial charge in [0.05, 0.1) is 5.60 Å². The molecule has 1 heterocycles. The van der Waals surface area contributed by atoms with Crippen molar-refractivity contribution in [3.05, 3.63) is 28.5 Å². The molecule has 2 rings (SSSR count). The Kier molecular flexibility index (Phi) is 3.62. The second-order valence-corrected chi connectivity index (χ2v) is 5.36. The number of hydrogen-bond donors (Lipinski definition) is 1. The first-order valence-electron chi connectivity index (χ1n) is 5.56. The summed E-state index contributed by atoms with van der Waals surface area (Å²) in [5, 5.41) is 0. The van der Waals surface area contributed by atoms with Gasteiger partial charge in [0.25, 0.3) is 0 Å². The van der Waals surface area contributed by atoms with Crippen molar-refractivity contribution in [1.29, 1.82) is 0 Å². The van der Waals surface area contributed by atoms with Crippen molar-refractivity contribution in [2.24, 2.45) is 5.73 Å². The molecule has 1 saturated carbocycles. The Hall–Kier alpha value is -0.450. The summed E-state index contributed by atoms with van der Waals surface area (Å²) in [6.45, 7) is 0. The summed E-state index contributed by atoms with van der Waals surface area (Å²) < 4.78 is 6.58. The standard InChI is InChI=1S/C12H17BrN2O/c1-16-12(3-2-4-12)11(14)6-9-5-10(13)8-15-7-9/h5,7-8,11H,2-4,6,14H2,1H3. The fourth-order valence-corrected chi connectivity index (χ4v) is 2.67. The zero-order valence-electron chi connectivity index (χ0n) is 9.45. The maximum Gasteiger partial charge on any atom is 0.0832 e. The lowest BCUT2D eigenvalue weighted by Crippen LogP contribution is -2.55. The van der Waals surface area contributed by atoms with Crippen LogP contribution >= 0.6 is 15.9 Å². The van der Waals surface area contributed by atoms with E-state index in [1.807, 2.05) is 6.20 Å². The van der Waals surface area contributed by atoms with Crippen molar-refractivity contribution in [3.8, 4) is 0 Å². The van der Waals surface area contributed by atoms with E-state index in [-0.39, 0.29) is 11.6 Å². The third kappa shape index (κ3) is 2.29. The number of nitrogens with zero attached hydrogens (tertiary/aromatic N) is 1. The average Bonchev–Trinajstić information content (AvgIpc) is 2.16. The van der Waals surface area contributed by atoms with Crippen LogP contribution in [0.4, 0.5) is 0 Å². The van der Waals surface area contributed by atoms with Gasteiger partial charge >= 0.3 is 0 Å². The maximum absolute atomic E-state index is 6.24. The van der Waals surface area contributed by atoms with Gasteiger partial charge in [-0.15, -0.1) is 0 Å². The fourth-order valence-electron chi connectivity index (χ4n) is 2.26. The highest BCUT2D eigenvalue weighted by Crippen LogP contribution is 2.38. The molecule has 2 N–H and O–H groups in total. The first-order valence-corrected chi connectivity index (χ1v) is 6.36. The van der Waals surface area contributed by atoms with E-state index in [0.29, 0.717) is 0 Å². The number of rotatable bonds is 4. The second kappa shape index (κ2) is 4.82. The summed E-state index contributed by atoms with van der Waals surface area (Å²) >= 11 is 3.42. The molecule has 16 heavy (non-hydrogen) atoms. The molecule has 0 radical (unpaired) electrons. The van der Waals surface area contributed by atoms with Gasteiger partial charge < -0.3 is 10.5 Å². The van der Waals surface area contributed by atoms with Crippen LogP contribution in [0, 0.1) is 0 Å². The number of aromatic nitrogens is 1. The Morgan fingerprint density at radius 1 is 1.56 bits per heavy atom. The van der Waals surface area contributed by atoms with Crippen molar-refractivity contribution >= 4 is 15.9 Å². The number of methoxy groups -OCH3 is 1. The van der Waals surface area contributed by atoms with Crippen molar-refractivity contribution in [2.45, 2.75) is 37.3 Å². The van der Waals surface area contributed by atoms with Gasteiger partial charge in [0.15, 0.2) is 0 Å². The van der Waals surface area contributed by atoms with Crippen molar-refractivity contribution in [1.82, 2.24) is 4.98 Å². The molecular weight excluding hydrogens is 268 g/mol. The van der Waals surface area contributed by atoms with Gasteiger partial charge in [-0.2, -0.15) is 0 Å². The van der Waals surface area contributed by atoms with E-state index < -0.39 is 0 Å². The Morgan fingerprint density at radius 3 is 2.81 bits per heavy atom. The van der Waals surface area contributed by atoms with Crippen LogP contribution in [0.5, 0.6) is 0 Å². The minimum atomic E-state index is -0.0949. The lowest BCUT2D eigenvalue weighted by molar-refractivity contribution is -0.0897. The van der Waals surface area contributed by atoms with Crippen LogP contribution in [-0.2, 0) is 11.2 Å². The van der Waals surface area contributed by atoms with Crippen molar-refractivity contribution in [3.63, 3.8) is 0 Å². The van der Waals surface area contributed by atoms with E-state index in [1.165, 1.54) is 6.42 Å². The molecule has 1 aromatic heterocycles. The van der Waals surface area contributed by atoms with E-state index in [4.69, 9.17) is 10.5 Å². The SMILES string of the molecule is COC1(C(N)Cc2cncc(Br)c2)CCC1. The van der Waals surface area contributed by atoms with Crippen molar-refractivity contribution < 1.29 is 4.74 Å². The average molecular weight is 285 g/mol. The second-order valence-electron chi connectivity index (χ2n) is 4.44. The predicted molar refractivity (Wildman–Crippen MR) is 67.2 cm³/mol. The van der Waals surface area contributed by atoms with Crippen LogP contribution in [0.1, 0.15) is 24.8 Å². The van der Waals surface area contributed by atoms with Crippen LogP contribution < -0.4 is 5.73 Å². The highest BCUT2D eigenvalue weighted by atomic mass is 79.9. The highest BCUT2D eigenvalue weighted by Gasteiger charge is 2.42. The first kappa shape index (κ1) is 12.0. The largest absolute Gasteiger partial charge is 0.377 e. The molecule has 0 spiro atoms. The molecule has 1 unspecified atom stereocenters. The molecule has 88 valence electrons. The molecular formula is C12H17BrN2O. The lowest BCUT2D eigenvalue weighted by Gasteiger charge is -2.45. The summed E-state index contributed by atoms with van der Waals surface area (Å²) in [5.41, 5.74) is 7.30. The minimum Gasteiger partial charge on any atom is -0.377 e. The quantitative estimate of drug-likeness (QED) is 0.923. The van der Waals surface area contributed by atoms with E-state index in [9.17, 15) is 0 Å². The van der Waals surface area contributed by atoms with Crippen LogP contribution in [0.3, 0.4) is 0 Å². The van der Waals surface area contributed by atoms with E-state index in [1.54, 1.807) is 13.3 Å². The van der Waals surface area contributed by atoms with E-state index in [2.05, 4.69) is 27.0 Å². The number of pyridine rings is 1. The van der Waals surface area contributed by atoms with Crippen LogP contribution in [0.15, 0.2) is 22.9 Å². The van der Waals surface area contributed by atoms with Gasteiger partial charge in [0, 0.05) is 30.0 Å². The zero-order chi connectivity index (χ0) is 11.6. The van der Waals surface area contributed by atoms with Gasteiger partial charge in [0.2, 0.25) is 0 Å². The molecule has 1 aliphatic rings. The Balaban J connectivity index is 2.04. The molecule has 0 aromatic carbocycles. The molecule has 0 bridgehead atoms. The Labute approximate surface area is 105 Å². The number of halogens is 1. The third-order valence-electron chi connectivity index (χ3n) is 3.50. The molecule has 0 saturated heterocycles. The summed E-state index contributed by atoms with van der Waals surface area (Å²) in [7, 11) is 1.76. The first-order chi connectivity index (χ1) is 7.66. The summed E-state index contributed by atoms with van der Waals surface area (Å²) in [4.78, 5) is 4.15. The molecule has 0 amide bonds. The van der Waals surface area contributed by atoms with Gasteiger partial charge in [-0.25, -0.2) is 0 Å². The van der Waals surface area contributed by atoms with Crippen LogP contribution in [-0.4, -0.2) is 23.7 Å². The van der Waals surface area contributed by atoms with Gasteiger partial charge in [-0.3, -0.25) is 4.98 Å². The van der Waals surface area contributed by atoms with Gasteiger partial charge in [0.1, 0.15) is 0 Å². The van der Waals surface area contributed by atoms with Crippen molar-refractivity contribution in [2.75, 3.05) is 7.11 Å². The molecule has 1 aliphatic carbocycles. The topological polar surface area (TPSA) is 48.1 Å². The van der Waals surface area contributed by atoms with Crippen LogP contribution in [0.25, 0.3) is 0 Å². The zero-order valence-corrected chi connectivity index (χ0v) is 11.0. The number of hydrogen-bond acceptors (Lipinski definition) is 3. The monoisotopic (exact) mass is 284 g/mol. The van der Waals surface area contributed by atoms with E-state index in [0.717, 1.165) is 29.3 Å². The lowest BCUT2D eigenvalue weighted by atomic mass is 9.73. The molecule has 0 aliphatic heterocycles. The number of nitrogens with two attached hydrogens (primary N) is 1. The fraction of sp³-hybridized carbons (Fsp3) is 0.583. The van der Waals surface area contributed by atoms with Gasteiger partial charge in [-0.05, 0) is 53.2 Å². The highest BCUT2D eigenvalue weighted by molar-refractivity contribution is 9.10. The molecule has 4 heteroatoms. The maximum atomic E-state index is 6.24. The Bertz CT molecular complexity index is 360. The molecule has 3 nitrogen and oxygen atoms in total. The summed E-state index contributed by atoms with van der Waals surface area (Å²) in [6, 6.07) is 2.12. The van der Waals surface area contributed by atoms with Crippen LogP contribution in [0.2, 0.25) is 0 Å². The summed E-state index contributed by atoms with van der Waals surface area (Å²) in [5.74, 6) is 0. The summed E-state index contributed by atoms with van der Waals surface area (Å²) in [6.07, 6.45) is 7.84. The molecule has 1 aromatic rings. The predicted octanol–water partition coefficient (Wildman–Crippen LogP) is 2.28. The smallest absolute Gasteiger partial charge is 0.0832 e. The molecule has 1 atom stereocenters. The normalized spacial score (nSPS) is 20.2. The van der Waals surface area contributed by atoms with E-state index >= 15 is 0 Å². The van der Waals surface area contributed by atoms with Gasteiger partial charge in [-0.1, -0.05) is 0 Å². The third-order valence-corrected chi connectivity index (χ3v) is 3.93. The number of ether oxygens (including phenoxy) is 1. The molecule has 1 fully saturated rings.